The maximum atomic E-state index is 10.8. The number of anilines is 1. The van der Waals surface area contributed by atoms with Crippen LogP contribution in [0.1, 0.15) is 19.4 Å². The zero-order valence-electron chi connectivity index (χ0n) is 10.5. The SMILES string of the molecule is CCSc1cccc(N(CC)CC(=O)O)c1C#N. The molecule has 5 heteroatoms. The highest BCUT2D eigenvalue weighted by atomic mass is 32.2. The molecule has 1 aromatic carbocycles. The van der Waals surface area contributed by atoms with Gasteiger partial charge in [0, 0.05) is 11.4 Å². The van der Waals surface area contributed by atoms with Gasteiger partial charge < -0.3 is 10.0 Å². The molecule has 0 heterocycles. The summed E-state index contributed by atoms with van der Waals surface area (Å²) in [6.45, 7) is 4.36. The van der Waals surface area contributed by atoms with Crippen LogP contribution in [0.25, 0.3) is 0 Å². The van der Waals surface area contributed by atoms with Gasteiger partial charge in [-0.15, -0.1) is 11.8 Å². The molecule has 4 nitrogen and oxygen atoms in total. The van der Waals surface area contributed by atoms with Crippen LogP contribution in [0.3, 0.4) is 0 Å². The van der Waals surface area contributed by atoms with Gasteiger partial charge in [0.2, 0.25) is 0 Å². The summed E-state index contributed by atoms with van der Waals surface area (Å²) in [6.07, 6.45) is 0. The Morgan fingerprint density at radius 2 is 2.22 bits per heavy atom. The Labute approximate surface area is 111 Å². The van der Waals surface area contributed by atoms with Crippen LogP contribution in [-0.4, -0.2) is 29.9 Å². The summed E-state index contributed by atoms with van der Waals surface area (Å²) in [7, 11) is 0. The molecule has 0 spiro atoms. The summed E-state index contributed by atoms with van der Waals surface area (Å²) in [5, 5.41) is 18.1. The number of aliphatic carboxylic acids is 1. The smallest absolute Gasteiger partial charge is 0.323 e. The van der Waals surface area contributed by atoms with Gasteiger partial charge in [-0.3, -0.25) is 4.79 Å². The molecular weight excluding hydrogens is 248 g/mol. The van der Waals surface area contributed by atoms with Gasteiger partial charge in [-0.05, 0) is 24.8 Å². The molecule has 1 N–H and O–H groups in total. The van der Waals surface area contributed by atoms with E-state index in [0.29, 0.717) is 17.8 Å². The molecular formula is C13H16N2O2S. The van der Waals surface area contributed by atoms with Crippen LogP contribution < -0.4 is 4.90 Å². The lowest BCUT2D eigenvalue weighted by molar-refractivity contribution is -0.135. The van der Waals surface area contributed by atoms with Crippen molar-refractivity contribution < 1.29 is 9.90 Å². The average molecular weight is 264 g/mol. The maximum absolute atomic E-state index is 10.8. The van der Waals surface area contributed by atoms with Crippen molar-refractivity contribution in [2.24, 2.45) is 0 Å². The summed E-state index contributed by atoms with van der Waals surface area (Å²) in [6, 6.07) is 7.73. The molecule has 0 atom stereocenters. The van der Waals surface area contributed by atoms with E-state index in [9.17, 15) is 10.1 Å². The van der Waals surface area contributed by atoms with Crippen molar-refractivity contribution in [2.45, 2.75) is 18.7 Å². The molecule has 0 aliphatic rings. The number of benzene rings is 1. The molecule has 0 unspecified atom stereocenters. The maximum Gasteiger partial charge on any atom is 0.323 e. The van der Waals surface area contributed by atoms with Crippen LogP contribution in [0.2, 0.25) is 0 Å². The molecule has 18 heavy (non-hydrogen) atoms. The predicted octanol–water partition coefficient (Wildman–Crippen LogP) is 2.58. The highest BCUT2D eigenvalue weighted by Crippen LogP contribution is 2.30. The molecule has 0 aromatic heterocycles. The van der Waals surface area contributed by atoms with Crippen molar-refractivity contribution in [1.82, 2.24) is 0 Å². The number of likely N-dealkylation sites (N-methyl/N-ethyl adjacent to an activating group) is 1. The first kappa shape index (κ1) is 14.4. The van der Waals surface area contributed by atoms with Crippen molar-refractivity contribution in [3.05, 3.63) is 23.8 Å². The summed E-state index contributed by atoms with van der Waals surface area (Å²) in [5.74, 6) is -0.0160. The average Bonchev–Trinajstić information content (AvgIpc) is 2.36. The lowest BCUT2D eigenvalue weighted by Gasteiger charge is -2.22. The highest BCUT2D eigenvalue weighted by Gasteiger charge is 2.15. The van der Waals surface area contributed by atoms with Gasteiger partial charge in [0.05, 0.1) is 11.3 Å². The number of rotatable bonds is 6. The van der Waals surface area contributed by atoms with Gasteiger partial charge in [-0.2, -0.15) is 5.26 Å². The first-order valence-corrected chi connectivity index (χ1v) is 6.75. The number of nitriles is 1. The molecule has 0 amide bonds. The number of carbonyl (C=O) groups is 1. The number of carboxylic acid groups (broad SMARTS) is 1. The number of thioether (sulfide) groups is 1. The fraction of sp³-hybridized carbons (Fsp3) is 0.385. The molecule has 0 radical (unpaired) electrons. The Bertz CT molecular complexity index is 469. The Kier molecular flexibility index (Phi) is 5.53. The van der Waals surface area contributed by atoms with E-state index >= 15 is 0 Å². The summed E-state index contributed by atoms with van der Waals surface area (Å²) in [5.41, 5.74) is 1.26. The Balaban J connectivity index is 3.17. The topological polar surface area (TPSA) is 64.3 Å². The van der Waals surface area contributed by atoms with Crippen molar-refractivity contribution in [3.63, 3.8) is 0 Å². The summed E-state index contributed by atoms with van der Waals surface area (Å²) < 4.78 is 0. The molecule has 0 saturated carbocycles. The Morgan fingerprint density at radius 1 is 1.50 bits per heavy atom. The van der Waals surface area contributed by atoms with Crippen molar-refractivity contribution in [1.29, 1.82) is 5.26 Å². The third-order valence-corrected chi connectivity index (χ3v) is 3.40. The second-order valence-electron chi connectivity index (χ2n) is 3.60. The minimum atomic E-state index is -0.894. The van der Waals surface area contributed by atoms with E-state index < -0.39 is 5.97 Å². The fourth-order valence-electron chi connectivity index (χ4n) is 1.70. The zero-order chi connectivity index (χ0) is 13.5. The highest BCUT2D eigenvalue weighted by molar-refractivity contribution is 7.99. The minimum absolute atomic E-state index is 0.0918. The lowest BCUT2D eigenvalue weighted by atomic mass is 10.1. The Morgan fingerprint density at radius 3 is 2.72 bits per heavy atom. The van der Waals surface area contributed by atoms with Crippen molar-refractivity contribution >= 4 is 23.4 Å². The number of hydrogen-bond donors (Lipinski definition) is 1. The van der Waals surface area contributed by atoms with Crippen molar-refractivity contribution in [3.8, 4) is 6.07 Å². The third kappa shape index (κ3) is 3.41. The molecule has 0 aliphatic heterocycles. The predicted molar refractivity (Wildman–Crippen MR) is 73.1 cm³/mol. The molecule has 0 saturated heterocycles. The van der Waals surface area contributed by atoms with Gasteiger partial charge in [-0.1, -0.05) is 13.0 Å². The van der Waals surface area contributed by atoms with Gasteiger partial charge in [0.15, 0.2) is 0 Å². The first-order valence-electron chi connectivity index (χ1n) is 5.76. The van der Waals surface area contributed by atoms with Crippen LogP contribution in [0.5, 0.6) is 0 Å². The summed E-state index contributed by atoms with van der Waals surface area (Å²) in [4.78, 5) is 13.4. The van der Waals surface area contributed by atoms with Crippen molar-refractivity contribution in [2.75, 3.05) is 23.7 Å². The molecule has 0 bridgehead atoms. The third-order valence-electron chi connectivity index (χ3n) is 2.46. The Hall–Kier alpha value is -1.67. The molecule has 0 fully saturated rings. The van der Waals surface area contributed by atoms with Crippen LogP contribution >= 0.6 is 11.8 Å². The minimum Gasteiger partial charge on any atom is -0.480 e. The van der Waals surface area contributed by atoms with E-state index in [4.69, 9.17) is 5.11 Å². The molecule has 96 valence electrons. The van der Waals surface area contributed by atoms with Crippen LogP contribution in [0, 0.1) is 11.3 Å². The molecule has 0 aliphatic carbocycles. The molecule has 1 aromatic rings. The van der Waals surface area contributed by atoms with Gasteiger partial charge in [0.1, 0.15) is 12.6 Å². The molecule has 1 rings (SSSR count). The number of hydrogen-bond acceptors (Lipinski definition) is 4. The van der Waals surface area contributed by atoms with E-state index in [-0.39, 0.29) is 6.54 Å². The first-order chi connectivity index (χ1) is 8.63. The van der Waals surface area contributed by atoms with Gasteiger partial charge in [-0.25, -0.2) is 0 Å². The quantitative estimate of drug-likeness (QED) is 0.800. The van der Waals surface area contributed by atoms with Crippen LogP contribution in [0.15, 0.2) is 23.1 Å². The van der Waals surface area contributed by atoms with Gasteiger partial charge >= 0.3 is 5.97 Å². The fourth-order valence-corrected chi connectivity index (χ4v) is 2.48. The lowest BCUT2D eigenvalue weighted by Crippen LogP contribution is -2.30. The largest absolute Gasteiger partial charge is 0.480 e. The van der Waals surface area contributed by atoms with Gasteiger partial charge in [0.25, 0.3) is 0 Å². The standard InChI is InChI=1S/C13H16N2O2S/c1-3-15(9-13(16)17)11-6-5-7-12(18-4-2)10(11)8-14/h5-7H,3-4,9H2,1-2H3,(H,16,17). The number of carboxylic acids is 1. The van der Waals surface area contributed by atoms with Crippen LogP contribution in [-0.2, 0) is 4.79 Å². The van der Waals surface area contributed by atoms with E-state index in [1.54, 1.807) is 22.7 Å². The van der Waals surface area contributed by atoms with E-state index in [1.807, 2.05) is 26.0 Å². The monoisotopic (exact) mass is 264 g/mol. The zero-order valence-corrected chi connectivity index (χ0v) is 11.3. The van der Waals surface area contributed by atoms with E-state index in [2.05, 4.69) is 6.07 Å². The second kappa shape index (κ2) is 6.92. The number of nitrogens with zero attached hydrogens (tertiary/aromatic N) is 2. The summed E-state index contributed by atoms with van der Waals surface area (Å²) >= 11 is 1.59. The van der Waals surface area contributed by atoms with Crippen LogP contribution in [0.4, 0.5) is 5.69 Å². The normalized spacial score (nSPS) is 9.83. The van der Waals surface area contributed by atoms with E-state index in [0.717, 1.165) is 10.6 Å². The second-order valence-corrected chi connectivity index (χ2v) is 4.91. The van der Waals surface area contributed by atoms with E-state index in [1.165, 1.54) is 0 Å².